The van der Waals surface area contributed by atoms with Gasteiger partial charge in [0.05, 0.1) is 0 Å². The molecule has 0 aliphatic rings. The fraction of sp³-hybridized carbons (Fsp3) is 0.421. The highest BCUT2D eigenvalue weighted by molar-refractivity contribution is 6.30. The average molecular weight is 428 g/mol. The monoisotopic (exact) mass is 427 g/mol. The minimum Gasteiger partial charge on any atom is -0.332 e. The number of hydrogen-bond donors (Lipinski definition) is 2. The van der Waals surface area contributed by atoms with E-state index < -0.39 is 24.3 Å². The SMILES string of the molecule is CC(C)C(C)(Cc1ccc(Cl)cc1)NC(=O)Nc1nn(CC(F)(F)F)cc1C#N. The van der Waals surface area contributed by atoms with Crippen LogP contribution in [0.2, 0.25) is 5.02 Å². The van der Waals surface area contributed by atoms with E-state index in [1.165, 1.54) is 0 Å². The molecule has 0 aliphatic heterocycles. The molecule has 1 aromatic carbocycles. The number of carbonyl (C=O) groups excluding carboxylic acids is 1. The average Bonchev–Trinajstić information content (AvgIpc) is 2.95. The molecule has 0 saturated heterocycles. The molecule has 2 aromatic rings. The Hall–Kier alpha value is -2.73. The largest absolute Gasteiger partial charge is 0.408 e. The van der Waals surface area contributed by atoms with Crippen molar-refractivity contribution in [2.24, 2.45) is 5.92 Å². The van der Waals surface area contributed by atoms with Gasteiger partial charge in [0.25, 0.3) is 0 Å². The summed E-state index contributed by atoms with van der Waals surface area (Å²) >= 11 is 5.91. The van der Waals surface area contributed by atoms with Gasteiger partial charge in [0.2, 0.25) is 0 Å². The Labute approximate surface area is 171 Å². The molecule has 29 heavy (non-hydrogen) atoms. The molecular formula is C19H21ClF3N5O. The van der Waals surface area contributed by atoms with E-state index in [9.17, 15) is 18.0 Å². The smallest absolute Gasteiger partial charge is 0.332 e. The highest BCUT2D eigenvalue weighted by Crippen LogP contribution is 2.24. The lowest BCUT2D eigenvalue weighted by molar-refractivity contribution is -0.142. The number of alkyl halides is 3. The van der Waals surface area contributed by atoms with Gasteiger partial charge < -0.3 is 5.32 Å². The lowest BCUT2D eigenvalue weighted by Gasteiger charge is -2.35. The predicted molar refractivity (Wildman–Crippen MR) is 104 cm³/mol. The number of anilines is 1. The molecule has 1 unspecified atom stereocenters. The quantitative estimate of drug-likeness (QED) is 0.697. The second-order valence-electron chi connectivity index (χ2n) is 7.27. The van der Waals surface area contributed by atoms with Gasteiger partial charge in [-0.1, -0.05) is 37.6 Å². The number of hydrogen-bond acceptors (Lipinski definition) is 3. The lowest BCUT2D eigenvalue weighted by Crippen LogP contribution is -2.53. The fourth-order valence-electron chi connectivity index (χ4n) is 2.68. The summed E-state index contributed by atoms with van der Waals surface area (Å²) in [5.74, 6) is -0.200. The molecule has 1 heterocycles. The molecule has 10 heteroatoms. The van der Waals surface area contributed by atoms with Crippen molar-refractivity contribution in [2.45, 2.75) is 45.5 Å². The van der Waals surface area contributed by atoms with Crippen LogP contribution in [0.3, 0.4) is 0 Å². The van der Waals surface area contributed by atoms with E-state index in [1.807, 2.05) is 32.9 Å². The zero-order chi connectivity index (χ0) is 21.8. The van der Waals surface area contributed by atoms with Crippen molar-refractivity contribution < 1.29 is 18.0 Å². The zero-order valence-electron chi connectivity index (χ0n) is 16.1. The van der Waals surface area contributed by atoms with Crippen LogP contribution in [0.4, 0.5) is 23.8 Å². The molecule has 0 aliphatic carbocycles. The zero-order valence-corrected chi connectivity index (χ0v) is 16.9. The van der Waals surface area contributed by atoms with Gasteiger partial charge in [-0.05, 0) is 37.0 Å². The van der Waals surface area contributed by atoms with Crippen molar-refractivity contribution in [3.63, 3.8) is 0 Å². The first kappa shape index (κ1) is 22.6. The van der Waals surface area contributed by atoms with Gasteiger partial charge in [-0.15, -0.1) is 0 Å². The molecule has 156 valence electrons. The van der Waals surface area contributed by atoms with Crippen molar-refractivity contribution in [1.29, 1.82) is 5.26 Å². The highest BCUT2D eigenvalue weighted by atomic mass is 35.5. The Bertz CT molecular complexity index is 902. The van der Waals surface area contributed by atoms with E-state index in [0.717, 1.165) is 11.8 Å². The third kappa shape index (κ3) is 6.39. The van der Waals surface area contributed by atoms with Crippen LogP contribution in [0, 0.1) is 17.2 Å². The second-order valence-corrected chi connectivity index (χ2v) is 7.71. The molecule has 1 atom stereocenters. The minimum absolute atomic E-state index is 0.0298. The van der Waals surface area contributed by atoms with Gasteiger partial charge in [0.1, 0.15) is 18.2 Å². The number of amides is 2. The van der Waals surface area contributed by atoms with E-state index in [2.05, 4.69) is 15.7 Å². The van der Waals surface area contributed by atoms with Crippen molar-refractivity contribution >= 4 is 23.4 Å². The molecule has 0 fully saturated rings. The van der Waals surface area contributed by atoms with Gasteiger partial charge in [-0.3, -0.25) is 10.00 Å². The maximum atomic E-state index is 12.5. The first-order valence-electron chi connectivity index (χ1n) is 8.80. The van der Waals surface area contributed by atoms with Gasteiger partial charge in [-0.2, -0.15) is 23.5 Å². The van der Waals surface area contributed by atoms with E-state index in [-0.39, 0.29) is 17.3 Å². The molecule has 0 bridgehead atoms. The van der Waals surface area contributed by atoms with E-state index >= 15 is 0 Å². The third-order valence-electron chi connectivity index (χ3n) is 4.61. The number of nitrogens with zero attached hydrogens (tertiary/aromatic N) is 3. The van der Waals surface area contributed by atoms with Crippen LogP contribution in [0.5, 0.6) is 0 Å². The normalized spacial score (nSPS) is 13.6. The second kappa shape index (κ2) is 8.74. The van der Waals surface area contributed by atoms with E-state index in [4.69, 9.17) is 16.9 Å². The molecule has 2 rings (SSSR count). The summed E-state index contributed by atoms with van der Waals surface area (Å²) in [6.07, 6.45) is -3.05. The maximum absolute atomic E-state index is 12.5. The number of aromatic nitrogens is 2. The maximum Gasteiger partial charge on any atom is 0.408 e. The van der Waals surface area contributed by atoms with Crippen molar-refractivity contribution in [3.8, 4) is 6.07 Å². The number of nitriles is 1. The van der Waals surface area contributed by atoms with Crippen LogP contribution >= 0.6 is 11.6 Å². The number of halogens is 4. The first-order valence-corrected chi connectivity index (χ1v) is 9.17. The van der Waals surface area contributed by atoms with Gasteiger partial charge in [0, 0.05) is 16.8 Å². The predicted octanol–water partition coefficient (Wildman–Crippen LogP) is 4.75. The summed E-state index contributed by atoms with van der Waals surface area (Å²) < 4.78 is 38.2. The Morgan fingerprint density at radius 1 is 1.31 bits per heavy atom. The van der Waals surface area contributed by atoms with Crippen molar-refractivity contribution in [3.05, 3.63) is 46.6 Å². The van der Waals surface area contributed by atoms with Crippen LogP contribution in [0.25, 0.3) is 0 Å². The van der Waals surface area contributed by atoms with E-state index in [0.29, 0.717) is 16.1 Å². The highest BCUT2D eigenvalue weighted by Gasteiger charge is 2.32. The van der Waals surface area contributed by atoms with E-state index in [1.54, 1.807) is 18.2 Å². The summed E-state index contributed by atoms with van der Waals surface area (Å²) in [4.78, 5) is 12.5. The van der Waals surface area contributed by atoms with Gasteiger partial charge in [-0.25, -0.2) is 4.79 Å². The Morgan fingerprint density at radius 3 is 2.45 bits per heavy atom. The minimum atomic E-state index is -4.49. The molecule has 0 spiro atoms. The number of carbonyl (C=O) groups is 1. The summed E-state index contributed by atoms with van der Waals surface area (Å²) in [6.45, 7) is 4.38. The first-order chi connectivity index (χ1) is 13.4. The topological polar surface area (TPSA) is 82.7 Å². The van der Waals surface area contributed by atoms with Gasteiger partial charge in [0.15, 0.2) is 5.82 Å². The Balaban J connectivity index is 2.14. The van der Waals surface area contributed by atoms with Crippen LogP contribution in [-0.4, -0.2) is 27.5 Å². The summed E-state index contributed by atoms with van der Waals surface area (Å²) in [5, 5.41) is 18.6. The van der Waals surface area contributed by atoms with Crippen LogP contribution in [-0.2, 0) is 13.0 Å². The number of benzene rings is 1. The van der Waals surface area contributed by atoms with Crippen LogP contribution < -0.4 is 10.6 Å². The Morgan fingerprint density at radius 2 is 1.93 bits per heavy atom. The van der Waals surface area contributed by atoms with Crippen molar-refractivity contribution in [1.82, 2.24) is 15.1 Å². The third-order valence-corrected chi connectivity index (χ3v) is 4.87. The van der Waals surface area contributed by atoms with Crippen molar-refractivity contribution in [2.75, 3.05) is 5.32 Å². The lowest BCUT2D eigenvalue weighted by atomic mass is 9.82. The summed E-state index contributed by atoms with van der Waals surface area (Å²) in [6, 6.07) is 8.29. The van der Waals surface area contributed by atoms with Gasteiger partial charge >= 0.3 is 12.2 Å². The Kier molecular flexibility index (Phi) is 6.80. The molecular weight excluding hydrogens is 407 g/mol. The van der Waals surface area contributed by atoms with Crippen LogP contribution in [0.15, 0.2) is 30.5 Å². The number of urea groups is 1. The number of rotatable bonds is 6. The molecule has 6 nitrogen and oxygen atoms in total. The fourth-order valence-corrected chi connectivity index (χ4v) is 2.80. The van der Waals surface area contributed by atoms with Crippen LogP contribution in [0.1, 0.15) is 31.9 Å². The summed E-state index contributed by atoms with van der Waals surface area (Å²) in [5.41, 5.74) is 0.130. The molecule has 2 amide bonds. The molecule has 2 N–H and O–H groups in total. The molecule has 0 radical (unpaired) electrons. The molecule has 0 saturated carbocycles. The molecule has 1 aromatic heterocycles. The standard InChI is InChI=1S/C19H21ClF3N5O/c1-12(2)18(3,8-13-4-6-15(20)7-5-13)26-17(29)25-16-14(9-24)10-28(27-16)11-19(21,22)23/h4-7,10,12H,8,11H2,1-3H3,(H2,25,26,27,29). The summed E-state index contributed by atoms with van der Waals surface area (Å²) in [7, 11) is 0. The number of nitrogens with one attached hydrogen (secondary N) is 2.